The predicted octanol–water partition coefficient (Wildman–Crippen LogP) is 2.51. The summed E-state index contributed by atoms with van der Waals surface area (Å²) in [7, 11) is 0. The van der Waals surface area contributed by atoms with Crippen molar-refractivity contribution in [3.63, 3.8) is 0 Å². The van der Waals surface area contributed by atoms with Gasteiger partial charge in [-0.3, -0.25) is 4.79 Å². The molecule has 1 aromatic heterocycles. The molecule has 0 aliphatic rings. The SMILES string of the molecule is CCN(CC(Nc1ncc(C#N)cn1)c1ccc(F)cc1)C(C)=O. The Labute approximate surface area is 140 Å². The van der Waals surface area contributed by atoms with Gasteiger partial charge in [-0.1, -0.05) is 12.1 Å². The molecule has 0 saturated carbocycles. The Morgan fingerprint density at radius 1 is 1.33 bits per heavy atom. The zero-order valence-corrected chi connectivity index (χ0v) is 13.5. The lowest BCUT2D eigenvalue weighted by molar-refractivity contribution is -0.128. The third kappa shape index (κ3) is 4.49. The largest absolute Gasteiger partial charge is 0.346 e. The molecule has 6 nitrogen and oxygen atoms in total. The van der Waals surface area contributed by atoms with Crippen LogP contribution in [0.4, 0.5) is 10.3 Å². The molecule has 2 rings (SSSR count). The highest BCUT2D eigenvalue weighted by Crippen LogP contribution is 2.19. The molecule has 7 heteroatoms. The van der Waals surface area contributed by atoms with E-state index < -0.39 is 0 Å². The second kappa shape index (κ2) is 8.02. The molecule has 1 aromatic carbocycles. The van der Waals surface area contributed by atoms with Gasteiger partial charge >= 0.3 is 0 Å². The zero-order valence-electron chi connectivity index (χ0n) is 13.5. The first-order valence-electron chi connectivity index (χ1n) is 7.53. The van der Waals surface area contributed by atoms with Crippen molar-refractivity contribution in [2.24, 2.45) is 0 Å². The molecule has 1 heterocycles. The van der Waals surface area contributed by atoms with Crippen LogP contribution in [-0.2, 0) is 4.79 Å². The Morgan fingerprint density at radius 3 is 2.46 bits per heavy atom. The summed E-state index contributed by atoms with van der Waals surface area (Å²) in [5.74, 6) is -0.0406. The van der Waals surface area contributed by atoms with Crippen molar-refractivity contribution in [1.29, 1.82) is 5.26 Å². The fraction of sp³-hybridized carbons (Fsp3) is 0.294. The van der Waals surface area contributed by atoms with Gasteiger partial charge in [0.2, 0.25) is 11.9 Å². The molecular formula is C17H18FN5O. The van der Waals surface area contributed by atoms with Crippen LogP contribution in [0.25, 0.3) is 0 Å². The normalized spacial score (nSPS) is 11.4. The van der Waals surface area contributed by atoms with E-state index in [1.165, 1.54) is 31.5 Å². The van der Waals surface area contributed by atoms with Crippen molar-refractivity contribution in [3.8, 4) is 6.07 Å². The van der Waals surface area contributed by atoms with E-state index in [1.54, 1.807) is 17.0 Å². The van der Waals surface area contributed by atoms with Crippen molar-refractivity contribution in [2.75, 3.05) is 18.4 Å². The molecular weight excluding hydrogens is 309 g/mol. The molecule has 124 valence electrons. The first-order valence-corrected chi connectivity index (χ1v) is 7.53. The molecule has 0 fully saturated rings. The second-order valence-electron chi connectivity index (χ2n) is 5.21. The molecule has 0 spiro atoms. The average Bonchev–Trinajstić information content (AvgIpc) is 2.59. The maximum absolute atomic E-state index is 13.2. The number of nitriles is 1. The van der Waals surface area contributed by atoms with Crippen LogP contribution in [0.5, 0.6) is 0 Å². The number of benzene rings is 1. The fourth-order valence-corrected chi connectivity index (χ4v) is 2.25. The van der Waals surface area contributed by atoms with Crippen LogP contribution in [0.3, 0.4) is 0 Å². The summed E-state index contributed by atoms with van der Waals surface area (Å²) in [6.45, 7) is 4.34. The highest BCUT2D eigenvalue weighted by molar-refractivity contribution is 5.73. The minimum atomic E-state index is -0.328. The Balaban J connectivity index is 2.25. The van der Waals surface area contributed by atoms with Crippen LogP contribution in [0, 0.1) is 17.1 Å². The lowest BCUT2D eigenvalue weighted by Crippen LogP contribution is -2.35. The van der Waals surface area contributed by atoms with E-state index in [4.69, 9.17) is 5.26 Å². The molecule has 0 bridgehead atoms. The molecule has 0 radical (unpaired) electrons. The maximum atomic E-state index is 13.2. The van der Waals surface area contributed by atoms with Gasteiger partial charge in [-0.05, 0) is 24.6 Å². The number of rotatable bonds is 6. The van der Waals surface area contributed by atoms with Crippen molar-refractivity contribution in [3.05, 3.63) is 53.6 Å². The maximum Gasteiger partial charge on any atom is 0.223 e. The van der Waals surface area contributed by atoms with Crippen LogP contribution in [-0.4, -0.2) is 33.9 Å². The first kappa shape index (κ1) is 17.3. The lowest BCUT2D eigenvalue weighted by Gasteiger charge is -2.26. The van der Waals surface area contributed by atoms with Gasteiger partial charge < -0.3 is 10.2 Å². The van der Waals surface area contributed by atoms with Crippen molar-refractivity contribution < 1.29 is 9.18 Å². The number of carbonyl (C=O) groups is 1. The highest BCUT2D eigenvalue weighted by Gasteiger charge is 2.18. The van der Waals surface area contributed by atoms with Gasteiger partial charge in [-0.15, -0.1) is 0 Å². The number of anilines is 1. The van der Waals surface area contributed by atoms with E-state index >= 15 is 0 Å². The highest BCUT2D eigenvalue weighted by atomic mass is 19.1. The first-order chi connectivity index (χ1) is 11.5. The average molecular weight is 327 g/mol. The Kier molecular flexibility index (Phi) is 5.79. The van der Waals surface area contributed by atoms with E-state index in [2.05, 4.69) is 15.3 Å². The van der Waals surface area contributed by atoms with E-state index in [-0.39, 0.29) is 17.8 Å². The lowest BCUT2D eigenvalue weighted by atomic mass is 10.1. The minimum absolute atomic E-state index is 0.0489. The van der Waals surface area contributed by atoms with E-state index in [9.17, 15) is 9.18 Å². The number of hydrogen-bond acceptors (Lipinski definition) is 5. The predicted molar refractivity (Wildman–Crippen MR) is 87.4 cm³/mol. The number of likely N-dealkylation sites (N-methyl/N-ethyl adjacent to an activating group) is 1. The smallest absolute Gasteiger partial charge is 0.223 e. The van der Waals surface area contributed by atoms with Gasteiger partial charge in [0, 0.05) is 20.0 Å². The van der Waals surface area contributed by atoms with Gasteiger partial charge in [0.1, 0.15) is 11.9 Å². The van der Waals surface area contributed by atoms with Gasteiger partial charge in [-0.2, -0.15) is 5.26 Å². The fourth-order valence-electron chi connectivity index (χ4n) is 2.25. The monoisotopic (exact) mass is 327 g/mol. The summed E-state index contributed by atoms with van der Waals surface area (Å²) in [6, 6.07) is 7.70. The number of aromatic nitrogens is 2. The van der Waals surface area contributed by atoms with Gasteiger partial charge in [0.15, 0.2) is 0 Å². The molecule has 2 aromatic rings. The van der Waals surface area contributed by atoms with Crippen LogP contribution >= 0.6 is 0 Å². The molecule has 0 saturated heterocycles. The number of hydrogen-bond donors (Lipinski definition) is 1. The third-order valence-corrected chi connectivity index (χ3v) is 3.59. The van der Waals surface area contributed by atoms with E-state index in [0.29, 0.717) is 24.6 Å². The zero-order chi connectivity index (χ0) is 17.5. The van der Waals surface area contributed by atoms with Crippen LogP contribution in [0.15, 0.2) is 36.7 Å². The molecule has 1 atom stereocenters. The van der Waals surface area contributed by atoms with Gasteiger partial charge in [0.05, 0.1) is 24.0 Å². The van der Waals surface area contributed by atoms with E-state index in [1.807, 2.05) is 13.0 Å². The molecule has 1 unspecified atom stereocenters. The molecule has 24 heavy (non-hydrogen) atoms. The topological polar surface area (TPSA) is 81.9 Å². The Morgan fingerprint density at radius 2 is 1.96 bits per heavy atom. The summed E-state index contributed by atoms with van der Waals surface area (Å²) in [6.07, 6.45) is 2.83. The van der Waals surface area contributed by atoms with Crippen LogP contribution in [0.1, 0.15) is 31.0 Å². The number of nitrogens with one attached hydrogen (secondary N) is 1. The quantitative estimate of drug-likeness (QED) is 0.881. The van der Waals surface area contributed by atoms with Gasteiger partial charge in [-0.25, -0.2) is 14.4 Å². The second-order valence-corrected chi connectivity index (χ2v) is 5.21. The number of amides is 1. The van der Waals surface area contributed by atoms with Crippen LogP contribution < -0.4 is 5.32 Å². The number of nitrogens with zero attached hydrogens (tertiary/aromatic N) is 4. The van der Waals surface area contributed by atoms with Crippen LogP contribution in [0.2, 0.25) is 0 Å². The van der Waals surface area contributed by atoms with Crippen molar-refractivity contribution in [1.82, 2.24) is 14.9 Å². The molecule has 0 aliphatic heterocycles. The summed E-state index contributed by atoms with van der Waals surface area (Å²) in [4.78, 5) is 21.6. The van der Waals surface area contributed by atoms with Crippen molar-refractivity contribution >= 4 is 11.9 Å². The summed E-state index contributed by atoms with van der Waals surface area (Å²) >= 11 is 0. The van der Waals surface area contributed by atoms with Gasteiger partial charge in [0.25, 0.3) is 0 Å². The van der Waals surface area contributed by atoms with E-state index in [0.717, 1.165) is 5.56 Å². The Hall–Kier alpha value is -3.01. The molecule has 1 amide bonds. The number of halogens is 1. The summed E-state index contributed by atoms with van der Waals surface area (Å²) in [5, 5.41) is 11.9. The standard InChI is InChI=1S/C17H18FN5O/c1-3-23(12(2)24)11-16(14-4-6-15(18)7-5-14)22-17-20-9-13(8-19)10-21-17/h4-7,9-10,16H,3,11H2,1-2H3,(H,20,21,22). The summed E-state index contributed by atoms with van der Waals surface area (Å²) in [5.41, 5.74) is 1.17. The van der Waals surface area contributed by atoms with Crippen molar-refractivity contribution in [2.45, 2.75) is 19.9 Å². The summed E-state index contributed by atoms with van der Waals surface area (Å²) < 4.78 is 13.2. The Bertz CT molecular complexity index is 724. The third-order valence-electron chi connectivity index (χ3n) is 3.59. The minimum Gasteiger partial charge on any atom is -0.346 e. The molecule has 0 aliphatic carbocycles. The molecule has 1 N–H and O–H groups in total. The number of carbonyl (C=O) groups excluding carboxylic acids is 1.